The second-order valence-electron chi connectivity index (χ2n) is 9.41. The SMILES string of the molecule is CCN(CC)C(=O)C(c1ccccc1)N1CCN(c2ccc(CNC(=O)C3CCOC3)cc2F)CC1. The summed E-state index contributed by atoms with van der Waals surface area (Å²) < 4.78 is 20.3. The number of ether oxygens (including phenoxy) is 1. The highest BCUT2D eigenvalue weighted by Crippen LogP contribution is 2.28. The number of carbonyl (C=O) groups excluding carboxylic acids is 2. The molecule has 0 spiro atoms. The van der Waals surface area contributed by atoms with E-state index in [1.54, 1.807) is 6.07 Å². The van der Waals surface area contributed by atoms with Crippen molar-refractivity contribution in [1.82, 2.24) is 15.1 Å². The molecule has 2 aliphatic rings. The first kappa shape index (κ1) is 26.1. The Morgan fingerprint density at radius 3 is 2.42 bits per heavy atom. The molecule has 0 aliphatic carbocycles. The lowest BCUT2D eigenvalue weighted by atomic mass is 10.0. The van der Waals surface area contributed by atoms with Crippen molar-refractivity contribution < 1.29 is 18.7 Å². The van der Waals surface area contributed by atoms with Gasteiger partial charge in [0, 0.05) is 52.4 Å². The Morgan fingerprint density at radius 2 is 1.81 bits per heavy atom. The molecular formula is C28H37FN4O3. The van der Waals surface area contributed by atoms with E-state index in [2.05, 4.69) is 10.2 Å². The van der Waals surface area contributed by atoms with Gasteiger partial charge < -0.3 is 19.9 Å². The minimum Gasteiger partial charge on any atom is -0.381 e. The maximum atomic E-state index is 15.1. The van der Waals surface area contributed by atoms with Gasteiger partial charge in [0.05, 0.1) is 18.2 Å². The number of hydrogen-bond donors (Lipinski definition) is 1. The molecule has 2 heterocycles. The molecular weight excluding hydrogens is 459 g/mol. The molecule has 2 atom stereocenters. The van der Waals surface area contributed by atoms with Crippen LogP contribution >= 0.6 is 0 Å². The molecule has 2 unspecified atom stereocenters. The molecule has 0 radical (unpaired) electrons. The molecule has 2 aromatic carbocycles. The molecule has 2 aromatic rings. The molecule has 1 N–H and O–H groups in total. The molecule has 2 aliphatic heterocycles. The third-order valence-corrected chi connectivity index (χ3v) is 7.22. The van der Waals surface area contributed by atoms with Crippen molar-refractivity contribution in [3.63, 3.8) is 0 Å². The van der Waals surface area contributed by atoms with Gasteiger partial charge in [-0.05, 0) is 43.5 Å². The Balaban J connectivity index is 1.39. The van der Waals surface area contributed by atoms with Crippen LogP contribution in [0.15, 0.2) is 48.5 Å². The largest absolute Gasteiger partial charge is 0.381 e. The molecule has 2 fully saturated rings. The molecule has 8 heteroatoms. The molecule has 0 saturated carbocycles. The zero-order valence-electron chi connectivity index (χ0n) is 21.3. The Labute approximate surface area is 213 Å². The summed E-state index contributed by atoms with van der Waals surface area (Å²) in [5.41, 5.74) is 2.28. The first-order valence-electron chi connectivity index (χ1n) is 13.0. The van der Waals surface area contributed by atoms with Crippen LogP contribution in [0.1, 0.15) is 37.4 Å². The minimum atomic E-state index is -0.339. The third-order valence-electron chi connectivity index (χ3n) is 7.22. The van der Waals surface area contributed by atoms with Crippen LogP contribution in [-0.2, 0) is 20.9 Å². The van der Waals surface area contributed by atoms with E-state index >= 15 is 4.39 Å². The number of halogens is 1. The minimum absolute atomic E-state index is 0.0414. The molecule has 0 aromatic heterocycles. The zero-order chi connectivity index (χ0) is 25.5. The Morgan fingerprint density at radius 1 is 1.08 bits per heavy atom. The summed E-state index contributed by atoms with van der Waals surface area (Å²) in [6, 6.07) is 14.7. The highest BCUT2D eigenvalue weighted by atomic mass is 19.1. The number of benzene rings is 2. The lowest BCUT2D eigenvalue weighted by Crippen LogP contribution is -2.52. The number of nitrogens with zero attached hydrogens (tertiary/aromatic N) is 3. The maximum Gasteiger partial charge on any atom is 0.244 e. The normalized spacial score (nSPS) is 19.2. The fourth-order valence-corrected chi connectivity index (χ4v) is 5.07. The van der Waals surface area contributed by atoms with Crippen LogP contribution < -0.4 is 10.2 Å². The number of amides is 2. The summed E-state index contributed by atoms with van der Waals surface area (Å²) in [5, 5.41) is 2.89. The molecule has 2 amide bonds. The van der Waals surface area contributed by atoms with E-state index < -0.39 is 0 Å². The van der Waals surface area contributed by atoms with E-state index in [9.17, 15) is 9.59 Å². The van der Waals surface area contributed by atoms with E-state index in [0.717, 1.165) is 17.5 Å². The summed E-state index contributed by atoms with van der Waals surface area (Å²) in [6.07, 6.45) is 0.733. The fourth-order valence-electron chi connectivity index (χ4n) is 5.07. The van der Waals surface area contributed by atoms with Gasteiger partial charge in [-0.3, -0.25) is 14.5 Å². The Bertz CT molecular complexity index is 1020. The van der Waals surface area contributed by atoms with E-state index in [1.807, 2.05) is 60.0 Å². The van der Waals surface area contributed by atoms with Crippen molar-refractivity contribution >= 4 is 17.5 Å². The summed E-state index contributed by atoms with van der Waals surface area (Å²) in [6.45, 7) is 9.29. The number of hydrogen-bond acceptors (Lipinski definition) is 5. The zero-order valence-corrected chi connectivity index (χ0v) is 21.3. The molecule has 36 heavy (non-hydrogen) atoms. The highest BCUT2D eigenvalue weighted by Gasteiger charge is 2.33. The predicted octanol–water partition coefficient (Wildman–Crippen LogP) is 3.21. The van der Waals surface area contributed by atoms with Crippen LogP contribution in [0.4, 0.5) is 10.1 Å². The molecule has 4 rings (SSSR count). The predicted molar refractivity (Wildman–Crippen MR) is 138 cm³/mol. The average molecular weight is 497 g/mol. The van der Waals surface area contributed by atoms with Gasteiger partial charge >= 0.3 is 0 Å². The van der Waals surface area contributed by atoms with Gasteiger partial charge in [0.25, 0.3) is 0 Å². The van der Waals surface area contributed by atoms with Crippen molar-refractivity contribution in [1.29, 1.82) is 0 Å². The second kappa shape index (κ2) is 12.3. The number of carbonyl (C=O) groups is 2. The lowest BCUT2D eigenvalue weighted by molar-refractivity contribution is -0.137. The van der Waals surface area contributed by atoms with Gasteiger partial charge in [-0.2, -0.15) is 0 Å². The Hall–Kier alpha value is -2.97. The first-order valence-corrected chi connectivity index (χ1v) is 13.0. The summed E-state index contributed by atoms with van der Waals surface area (Å²) >= 11 is 0. The molecule has 7 nitrogen and oxygen atoms in total. The van der Waals surface area contributed by atoms with Gasteiger partial charge in [-0.25, -0.2) is 4.39 Å². The van der Waals surface area contributed by atoms with Crippen molar-refractivity contribution in [3.8, 4) is 0 Å². The molecule has 194 valence electrons. The van der Waals surface area contributed by atoms with Crippen molar-refractivity contribution in [2.24, 2.45) is 5.92 Å². The average Bonchev–Trinajstić information content (AvgIpc) is 3.45. The monoisotopic (exact) mass is 496 g/mol. The fraction of sp³-hybridized carbons (Fsp3) is 0.500. The number of rotatable bonds is 9. The van der Waals surface area contributed by atoms with Crippen LogP contribution in [0.2, 0.25) is 0 Å². The first-order chi connectivity index (χ1) is 17.5. The lowest BCUT2D eigenvalue weighted by Gasteiger charge is -2.41. The summed E-state index contributed by atoms with van der Waals surface area (Å²) in [5.74, 6) is -0.335. The van der Waals surface area contributed by atoms with Gasteiger partial charge in [0.1, 0.15) is 11.9 Å². The number of anilines is 1. The molecule has 2 saturated heterocycles. The molecule has 0 bridgehead atoms. The van der Waals surface area contributed by atoms with Gasteiger partial charge in [0.2, 0.25) is 11.8 Å². The van der Waals surface area contributed by atoms with Crippen LogP contribution in [0, 0.1) is 11.7 Å². The van der Waals surface area contributed by atoms with Gasteiger partial charge in [-0.15, -0.1) is 0 Å². The standard InChI is InChI=1S/C28H37FN4O3/c1-3-31(4-2)28(35)26(22-8-6-5-7-9-22)33-15-13-32(14-16-33)25-11-10-21(18-24(25)29)19-30-27(34)23-12-17-36-20-23/h5-11,18,23,26H,3-4,12-17,19-20H2,1-2H3,(H,30,34). The number of nitrogens with one attached hydrogen (secondary N) is 1. The summed E-state index contributed by atoms with van der Waals surface area (Å²) in [4.78, 5) is 31.7. The smallest absolute Gasteiger partial charge is 0.244 e. The Kier molecular flexibility index (Phi) is 8.93. The van der Waals surface area contributed by atoms with E-state index in [1.165, 1.54) is 6.07 Å². The van der Waals surface area contributed by atoms with E-state index in [-0.39, 0.29) is 29.6 Å². The van der Waals surface area contributed by atoms with Gasteiger partial charge in [-0.1, -0.05) is 36.4 Å². The van der Waals surface area contributed by atoms with Crippen molar-refractivity contribution in [3.05, 3.63) is 65.5 Å². The summed E-state index contributed by atoms with van der Waals surface area (Å²) in [7, 11) is 0. The van der Waals surface area contributed by atoms with E-state index in [0.29, 0.717) is 64.7 Å². The third kappa shape index (κ3) is 6.05. The van der Waals surface area contributed by atoms with Crippen molar-refractivity contribution in [2.45, 2.75) is 32.9 Å². The van der Waals surface area contributed by atoms with E-state index in [4.69, 9.17) is 4.74 Å². The number of likely N-dealkylation sites (N-methyl/N-ethyl adjacent to an activating group) is 1. The number of piperazine rings is 1. The van der Waals surface area contributed by atoms with Gasteiger partial charge in [0.15, 0.2) is 0 Å². The second-order valence-corrected chi connectivity index (χ2v) is 9.41. The topological polar surface area (TPSA) is 65.1 Å². The van der Waals surface area contributed by atoms with Crippen LogP contribution in [-0.4, -0.2) is 74.1 Å². The quantitative estimate of drug-likeness (QED) is 0.578. The van der Waals surface area contributed by atoms with Crippen LogP contribution in [0.5, 0.6) is 0 Å². The van der Waals surface area contributed by atoms with Crippen LogP contribution in [0.3, 0.4) is 0 Å². The van der Waals surface area contributed by atoms with Crippen molar-refractivity contribution in [2.75, 3.05) is 57.4 Å². The van der Waals surface area contributed by atoms with Crippen LogP contribution in [0.25, 0.3) is 0 Å². The maximum absolute atomic E-state index is 15.1. The highest BCUT2D eigenvalue weighted by molar-refractivity contribution is 5.83.